The van der Waals surface area contributed by atoms with Crippen LogP contribution in [0.4, 0.5) is 11.5 Å². The summed E-state index contributed by atoms with van der Waals surface area (Å²) in [5.74, 6) is 0.599. The van der Waals surface area contributed by atoms with Crippen molar-refractivity contribution in [3.05, 3.63) is 47.2 Å². The quantitative estimate of drug-likeness (QED) is 0.845. The number of sulfone groups is 1. The van der Waals surface area contributed by atoms with Crippen LogP contribution in [0, 0.1) is 13.8 Å². The van der Waals surface area contributed by atoms with Gasteiger partial charge in [0.2, 0.25) is 0 Å². The number of hydrogen-bond acceptors (Lipinski definition) is 6. The highest BCUT2D eigenvalue weighted by Crippen LogP contribution is 2.22. The fourth-order valence-electron chi connectivity index (χ4n) is 3.24. The second-order valence-electron chi connectivity index (χ2n) is 6.87. The number of aryl methyl sites for hydroxylation is 2. The maximum atomic E-state index is 12.4. The molecule has 8 heteroatoms. The van der Waals surface area contributed by atoms with Crippen molar-refractivity contribution in [2.24, 2.45) is 0 Å². The third kappa shape index (κ3) is 4.44. The Morgan fingerprint density at radius 1 is 1.19 bits per heavy atom. The van der Waals surface area contributed by atoms with E-state index < -0.39 is 9.84 Å². The van der Waals surface area contributed by atoms with E-state index in [0.29, 0.717) is 24.5 Å². The van der Waals surface area contributed by atoms with E-state index in [4.69, 9.17) is 0 Å². The molecule has 0 spiro atoms. The molecule has 1 saturated heterocycles. The number of benzene rings is 1. The summed E-state index contributed by atoms with van der Waals surface area (Å²) >= 11 is 0. The predicted molar refractivity (Wildman–Crippen MR) is 106 cm³/mol. The van der Waals surface area contributed by atoms with Crippen LogP contribution in [0.1, 0.15) is 35.0 Å². The van der Waals surface area contributed by atoms with E-state index in [9.17, 15) is 13.2 Å². The first kappa shape index (κ1) is 19.3. The molecule has 27 heavy (non-hydrogen) atoms. The first-order valence-corrected chi connectivity index (χ1v) is 10.8. The molecule has 1 amide bonds. The van der Waals surface area contributed by atoms with Gasteiger partial charge in [-0.25, -0.2) is 8.42 Å². The minimum atomic E-state index is -2.98. The second-order valence-corrected chi connectivity index (χ2v) is 9.10. The molecular weight excluding hydrogens is 364 g/mol. The van der Waals surface area contributed by atoms with Crippen LogP contribution in [0.3, 0.4) is 0 Å². The Balaban J connectivity index is 1.72. The van der Waals surface area contributed by atoms with Crippen molar-refractivity contribution in [3.63, 3.8) is 0 Å². The molecule has 0 saturated carbocycles. The Labute approximate surface area is 159 Å². The fraction of sp³-hybridized carbons (Fsp3) is 0.421. The summed E-state index contributed by atoms with van der Waals surface area (Å²) in [4.78, 5) is 14.3. The fourth-order valence-corrected chi connectivity index (χ4v) is 4.97. The molecule has 2 heterocycles. The molecule has 1 aliphatic rings. The van der Waals surface area contributed by atoms with Gasteiger partial charge >= 0.3 is 0 Å². The Morgan fingerprint density at radius 2 is 1.96 bits per heavy atom. The lowest BCUT2D eigenvalue weighted by Crippen LogP contribution is -2.37. The molecule has 0 aliphatic carbocycles. The molecule has 0 bridgehead atoms. The second kappa shape index (κ2) is 7.64. The number of rotatable bonds is 5. The van der Waals surface area contributed by atoms with E-state index >= 15 is 0 Å². The highest BCUT2D eigenvalue weighted by atomic mass is 32.2. The third-order valence-electron chi connectivity index (χ3n) is 4.93. The number of aromatic nitrogens is 2. The summed E-state index contributed by atoms with van der Waals surface area (Å²) in [5, 5.41) is 11.0. The smallest absolute Gasteiger partial charge is 0.276 e. The molecule has 3 rings (SSSR count). The Kier molecular flexibility index (Phi) is 5.46. The van der Waals surface area contributed by atoms with Crippen LogP contribution < -0.4 is 10.2 Å². The van der Waals surface area contributed by atoms with E-state index in [1.807, 2.05) is 43.9 Å². The van der Waals surface area contributed by atoms with Crippen LogP contribution in [0.15, 0.2) is 30.3 Å². The molecule has 1 aromatic carbocycles. The van der Waals surface area contributed by atoms with Gasteiger partial charge in [-0.05, 0) is 62.6 Å². The molecule has 0 radical (unpaired) electrons. The highest BCUT2D eigenvalue weighted by molar-refractivity contribution is 7.91. The van der Waals surface area contributed by atoms with Crippen molar-refractivity contribution in [1.82, 2.24) is 10.2 Å². The topological polar surface area (TPSA) is 92.3 Å². The summed E-state index contributed by atoms with van der Waals surface area (Å²) in [6.07, 6.45) is 0.590. The lowest BCUT2D eigenvalue weighted by Gasteiger charge is -2.27. The molecule has 7 nitrogen and oxygen atoms in total. The minimum absolute atomic E-state index is 0.0930. The van der Waals surface area contributed by atoms with Crippen LogP contribution in [-0.2, 0) is 9.84 Å². The van der Waals surface area contributed by atoms with Crippen molar-refractivity contribution in [1.29, 1.82) is 0 Å². The van der Waals surface area contributed by atoms with E-state index in [0.717, 1.165) is 11.1 Å². The van der Waals surface area contributed by atoms with E-state index in [1.165, 1.54) is 0 Å². The number of hydrogen-bond donors (Lipinski definition) is 1. The van der Waals surface area contributed by atoms with Crippen molar-refractivity contribution >= 4 is 27.2 Å². The Morgan fingerprint density at radius 3 is 2.52 bits per heavy atom. The molecule has 1 N–H and O–H groups in total. The van der Waals surface area contributed by atoms with Crippen LogP contribution in [0.2, 0.25) is 0 Å². The lowest BCUT2D eigenvalue weighted by molar-refractivity contribution is 0.102. The number of anilines is 2. The van der Waals surface area contributed by atoms with Crippen molar-refractivity contribution in [2.75, 3.05) is 28.3 Å². The molecule has 1 fully saturated rings. The van der Waals surface area contributed by atoms with Crippen molar-refractivity contribution < 1.29 is 13.2 Å². The lowest BCUT2D eigenvalue weighted by atomic mass is 10.1. The summed E-state index contributed by atoms with van der Waals surface area (Å²) in [6, 6.07) is 8.95. The number of nitrogens with one attached hydrogen (secondary N) is 1. The minimum Gasteiger partial charge on any atom is -0.351 e. The first-order chi connectivity index (χ1) is 12.8. The van der Waals surface area contributed by atoms with Gasteiger partial charge in [0, 0.05) is 18.3 Å². The highest BCUT2D eigenvalue weighted by Gasteiger charge is 2.32. The van der Waals surface area contributed by atoms with Gasteiger partial charge in [-0.15, -0.1) is 10.2 Å². The average molecular weight is 388 g/mol. The van der Waals surface area contributed by atoms with Crippen LogP contribution >= 0.6 is 0 Å². The number of nitrogens with zero attached hydrogens (tertiary/aromatic N) is 3. The van der Waals surface area contributed by atoms with Gasteiger partial charge < -0.3 is 10.2 Å². The summed E-state index contributed by atoms with van der Waals surface area (Å²) < 4.78 is 23.5. The molecular formula is C19H24N4O3S. The molecule has 1 aliphatic heterocycles. The van der Waals surface area contributed by atoms with Gasteiger partial charge in [0.1, 0.15) is 0 Å². The Hall–Kier alpha value is -2.48. The first-order valence-electron chi connectivity index (χ1n) is 8.98. The van der Waals surface area contributed by atoms with Gasteiger partial charge in [0.05, 0.1) is 11.5 Å². The molecule has 1 aromatic heterocycles. The van der Waals surface area contributed by atoms with Gasteiger partial charge in [0.15, 0.2) is 21.3 Å². The monoisotopic (exact) mass is 388 g/mol. The van der Waals surface area contributed by atoms with Crippen molar-refractivity contribution in [3.8, 4) is 0 Å². The molecule has 144 valence electrons. The zero-order chi connectivity index (χ0) is 19.6. The van der Waals surface area contributed by atoms with Gasteiger partial charge in [-0.2, -0.15) is 0 Å². The Bertz CT molecular complexity index is 942. The SMILES string of the molecule is CCN(c1ccc(C(=O)Nc2ccc(C)c(C)c2)nn1)C1CCS(=O)(=O)C1. The number of carbonyl (C=O) groups is 1. The van der Waals surface area contributed by atoms with E-state index in [1.54, 1.807) is 12.1 Å². The summed E-state index contributed by atoms with van der Waals surface area (Å²) in [5.41, 5.74) is 3.18. The maximum absolute atomic E-state index is 12.4. The van der Waals surface area contributed by atoms with Crippen molar-refractivity contribution in [2.45, 2.75) is 33.2 Å². The van der Waals surface area contributed by atoms with Crippen LogP contribution in [-0.4, -0.2) is 48.6 Å². The molecule has 2 aromatic rings. The normalized spacial score (nSPS) is 18.3. The summed E-state index contributed by atoms with van der Waals surface area (Å²) in [7, 11) is -2.98. The average Bonchev–Trinajstić information content (AvgIpc) is 2.99. The third-order valence-corrected chi connectivity index (χ3v) is 6.68. The van der Waals surface area contributed by atoms with Gasteiger partial charge in [-0.1, -0.05) is 6.07 Å². The van der Waals surface area contributed by atoms with E-state index in [-0.39, 0.29) is 29.1 Å². The van der Waals surface area contributed by atoms with Gasteiger partial charge in [-0.3, -0.25) is 4.79 Å². The van der Waals surface area contributed by atoms with Crippen LogP contribution in [0.25, 0.3) is 0 Å². The number of amides is 1. The molecule has 1 atom stereocenters. The zero-order valence-corrected chi connectivity index (χ0v) is 16.6. The standard InChI is InChI=1S/C19H24N4O3S/c1-4-23(16-9-10-27(25,26)12-16)18-8-7-17(21-22-18)19(24)20-15-6-5-13(2)14(3)11-15/h5-8,11,16H,4,9-10,12H2,1-3H3,(H,20,24). The zero-order valence-electron chi connectivity index (χ0n) is 15.8. The maximum Gasteiger partial charge on any atom is 0.276 e. The molecule has 1 unspecified atom stereocenters. The van der Waals surface area contributed by atoms with E-state index in [2.05, 4.69) is 15.5 Å². The predicted octanol–water partition coefficient (Wildman–Crippen LogP) is 2.36. The summed E-state index contributed by atoms with van der Waals surface area (Å²) in [6.45, 7) is 6.58. The van der Waals surface area contributed by atoms with Crippen LogP contribution in [0.5, 0.6) is 0 Å². The largest absolute Gasteiger partial charge is 0.351 e. The van der Waals surface area contributed by atoms with Gasteiger partial charge in [0.25, 0.3) is 5.91 Å². The number of carbonyl (C=O) groups excluding carboxylic acids is 1.